The molecule has 3 aromatic rings. The zero-order valence-electron chi connectivity index (χ0n) is 22.5. The Bertz CT molecular complexity index is 1370. The van der Waals surface area contributed by atoms with Gasteiger partial charge in [0.05, 0.1) is 16.6 Å². The van der Waals surface area contributed by atoms with Crippen molar-refractivity contribution in [2.45, 2.75) is 51.5 Å². The molecule has 2 aromatic carbocycles. The first-order valence-electron chi connectivity index (χ1n) is 14.1. The minimum absolute atomic E-state index is 0.113. The summed E-state index contributed by atoms with van der Waals surface area (Å²) in [6.45, 7) is 5.75. The predicted molar refractivity (Wildman–Crippen MR) is 154 cm³/mol. The van der Waals surface area contributed by atoms with Crippen molar-refractivity contribution in [2.75, 3.05) is 31.1 Å². The molecule has 2 fully saturated rings. The van der Waals surface area contributed by atoms with Crippen molar-refractivity contribution in [1.29, 1.82) is 0 Å². The van der Waals surface area contributed by atoms with Gasteiger partial charge in [0.1, 0.15) is 0 Å². The number of fused-ring (bicyclic) bond motifs is 1. The van der Waals surface area contributed by atoms with Gasteiger partial charge < -0.3 is 15.1 Å². The van der Waals surface area contributed by atoms with E-state index in [4.69, 9.17) is 11.6 Å². The third-order valence-electron chi connectivity index (χ3n) is 9.18. The number of carbonyl (C=O) groups is 2. The van der Waals surface area contributed by atoms with Crippen molar-refractivity contribution >= 4 is 29.1 Å². The zero-order chi connectivity index (χ0) is 27.0. The van der Waals surface area contributed by atoms with E-state index in [9.17, 15) is 9.59 Å². The standard InChI is InChI=1S/C32H35ClN4O2/c1-22-20-23-6-7-29(35-30(38)25-4-2-3-5-28(25)33)27(23)21-26(22)31(39)37-18-12-32(13-19-37)10-16-36(17-11-32)24-8-14-34-15-9-24/h2-5,8-9,14-15,20-21,29H,6-7,10-13,16-19H2,1H3,(H,35,38)/t29-/m1/s1. The molecule has 2 aliphatic heterocycles. The maximum Gasteiger partial charge on any atom is 0.254 e. The van der Waals surface area contributed by atoms with Gasteiger partial charge in [-0.25, -0.2) is 0 Å². The summed E-state index contributed by atoms with van der Waals surface area (Å²) in [4.78, 5) is 35.3. The third-order valence-corrected chi connectivity index (χ3v) is 9.51. The maximum absolute atomic E-state index is 13.7. The Morgan fingerprint density at radius 2 is 1.64 bits per heavy atom. The number of piperidine rings is 2. The normalized spacial score (nSPS) is 20.1. The quantitative estimate of drug-likeness (QED) is 0.440. The van der Waals surface area contributed by atoms with E-state index in [0.29, 0.717) is 16.0 Å². The summed E-state index contributed by atoms with van der Waals surface area (Å²) >= 11 is 6.25. The number of aromatic nitrogens is 1. The summed E-state index contributed by atoms with van der Waals surface area (Å²) < 4.78 is 0. The Kier molecular flexibility index (Phi) is 7.06. The first-order valence-corrected chi connectivity index (χ1v) is 14.4. The molecule has 1 atom stereocenters. The highest BCUT2D eigenvalue weighted by Crippen LogP contribution is 2.42. The lowest BCUT2D eigenvalue weighted by molar-refractivity contribution is 0.0514. The lowest BCUT2D eigenvalue weighted by atomic mass is 9.71. The second kappa shape index (κ2) is 10.6. The smallest absolute Gasteiger partial charge is 0.254 e. The Labute approximate surface area is 235 Å². The number of halogens is 1. The van der Waals surface area contributed by atoms with Crippen molar-refractivity contribution < 1.29 is 9.59 Å². The molecule has 1 spiro atoms. The van der Waals surface area contributed by atoms with E-state index in [2.05, 4.69) is 33.4 Å². The van der Waals surface area contributed by atoms with E-state index in [-0.39, 0.29) is 17.9 Å². The number of hydrogen-bond acceptors (Lipinski definition) is 4. The van der Waals surface area contributed by atoms with Crippen molar-refractivity contribution in [3.63, 3.8) is 0 Å². The average Bonchev–Trinajstić information content (AvgIpc) is 3.34. The van der Waals surface area contributed by atoms with Gasteiger partial charge in [-0.1, -0.05) is 29.8 Å². The molecule has 1 aliphatic carbocycles. The van der Waals surface area contributed by atoms with Gasteiger partial charge in [0.2, 0.25) is 0 Å². The number of carbonyl (C=O) groups excluding carboxylic acids is 2. The highest BCUT2D eigenvalue weighted by atomic mass is 35.5. The molecule has 3 heterocycles. The summed E-state index contributed by atoms with van der Waals surface area (Å²) in [7, 11) is 0. The summed E-state index contributed by atoms with van der Waals surface area (Å²) in [6, 6.07) is 15.3. The Morgan fingerprint density at radius 3 is 2.36 bits per heavy atom. The monoisotopic (exact) mass is 542 g/mol. The number of likely N-dealkylation sites (tertiary alicyclic amines) is 1. The van der Waals surface area contributed by atoms with Gasteiger partial charge in [-0.2, -0.15) is 0 Å². The topological polar surface area (TPSA) is 65.5 Å². The van der Waals surface area contributed by atoms with Gasteiger partial charge >= 0.3 is 0 Å². The Hall–Kier alpha value is -3.38. The zero-order valence-corrected chi connectivity index (χ0v) is 23.2. The molecule has 7 heteroatoms. The lowest BCUT2D eigenvalue weighted by Gasteiger charge is -2.47. The number of benzene rings is 2. The molecule has 1 aromatic heterocycles. The van der Waals surface area contributed by atoms with E-state index >= 15 is 0 Å². The predicted octanol–water partition coefficient (Wildman–Crippen LogP) is 5.98. The number of amides is 2. The number of hydrogen-bond donors (Lipinski definition) is 1. The van der Waals surface area contributed by atoms with Crippen LogP contribution in [0.5, 0.6) is 0 Å². The molecule has 0 bridgehead atoms. The van der Waals surface area contributed by atoms with Crippen molar-refractivity contribution in [1.82, 2.24) is 15.2 Å². The van der Waals surface area contributed by atoms with E-state index in [1.807, 2.05) is 42.4 Å². The summed E-state index contributed by atoms with van der Waals surface area (Å²) in [6.07, 6.45) is 9.89. The molecule has 0 saturated carbocycles. The number of pyridine rings is 1. The molecule has 3 aliphatic rings. The molecular weight excluding hydrogens is 508 g/mol. The van der Waals surface area contributed by atoms with Crippen LogP contribution in [0.4, 0.5) is 5.69 Å². The number of rotatable bonds is 4. The van der Waals surface area contributed by atoms with Crippen LogP contribution >= 0.6 is 11.6 Å². The summed E-state index contributed by atoms with van der Waals surface area (Å²) in [5, 5.41) is 3.60. The molecule has 2 saturated heterocycles. The number of nitrogens with zero attached hydrogens (tertiary/aromatic N) is 3. The number of aryl methyl sites for hydroxylation is 2. The minimum Gasteiger partial charge on any atom is -0.371 e. The molecule has 1 N–H and O–H groups in total. The number of anilines is 1. The molecule has 39 heavy (non-hydrogen) atoms. The third kappa shape index (κ3) is 5.14. The van der Waals surface area contributed by atoms with Gasteiger partial charge in [0, 0.05) is 49.8 Å². The van der Waals surface area contributed by atoms with E-state index in [1.54, 1.807) is 12.1 Å². The second-order valence-corrected chi connectivity index (χ2v) is 11.8. The fourth-order valence-electron chi connectivity index (χ4n) is 6.69. The fraction of sp³-hybridized carbons (Fsp3) is 0.406. The van der Waals surface area contributed by atoms with Crippen molar-refractivity contribution in [3.05, 3.63) is 93.8 Å². The van der Waals surface area contributed by atoms with Crippen LogP contribution in [-0.2, 0) is 6.42 Å². The maximum atomic E-state index is 13.7. The number of nitrogens with one attached hydrogen (secondary N) is 1. The van der Waals surface area contributed by atoms with Crippen LogP contribution in [0.25, 0.3) is 0 Å². The van der Waals surface area contributed by atoms with Crippen LogP contribution in [0.2, 0.25) is 5.02 Å². The van der Waals surface area contributed by atoms with Crippen molar-refractivity contribution in [2.24, 2.45) is 5.41 Å². The first kappa shape index (κ1) is 25.9. The SMILES string of the molecule is Cc1cc2c(cc1C(=O)N1CCC3(CC1)CCN(c1ccncc1)CC3)[C@H](NC(=O)c1ccccc1Cl)CC2. The van der Waals surface area contributed by atoms with E-state index in [0.717, 1.165) is 68.6 Å². The summed E-state index contributed by atoms with van der Waals surface area (Å²) in [5.74, 6) is -0.0642. The largest absolute Gasteiger partial charge is 0.371 e. The van der Waals surface area contributed by atoms with Crippen LogP contribution in [0.15, 0.2) is 60.9 Å². The minimum atomic E-state index is -0.178. The summed E-state index contributed by atoms with van der Waals surface area (Å²) in [5.41, 5.74) is 6.11. The van der Waals surface area contributed by atoms with Gasteiger partial charge in [-0.05, 0) is 97.9 Å². The molecule has 6 rings (SSSR count). The van der Waals surface area contributed by atoms with Crippen LogP contribution in [0.3, 0.4) is 0 Å². The highest BCUT2D eigenvalue weighted by Gasteiger charge is 2.39. The Balaban J connectivity index is 1.11. The Morgan fingerprint density at radius 1 is 0.949 bits per heavy atom. The second-order valence-electron chi connectivity index (χ2n) is 11.4. The van der Waals surface area contributed by atoms with Gasteiger partial charge in [-0.15, -0.1) is 0 Å². The van der Waals surface area contributed by atoms with Crippen LogP contribution in [0.1, 0.15) is 75.6 Å². The van der Waals surface area contributed by atoms with Gasteiger partial charge in [0.15, 0.2) is 0 Å². The van der Waals surface area contributed by atoms with Gasteiger partial charge in [-0.3, -0.25) is 14.6 Å². The molecular formula is C32H35ClN4O2. The lowest BCUT2D eigenvalue weighted by Crippen LogP contribution is -2.48. The average molecular weight is 543 g/mol. The molecule has 2 amide bonds. The van der Waals surface area contributed by atoms with E-state index < -0.39 is 0 Å². The molecule has 202 valence electrons. The van der Waals surface area contributed by atoms with E-state index in [1.165, 1.54) is 24.1 Å². The first-order chi connectivity index (χ1) is 18.9. The van der Waals surface area contributed by atoms with Crippen molar-refractivity contribution in [3.8, 4) is 0 Å². The molecule has 6 nitrogen and oxygen atoms in total. The molecule has 0 unspecified atom stereocenters. The fourth-order valence-corrected chi connectivity index (χ4v) is 6.91. The van der Waals surface area contributed by atoms with Gasteiger partial charge in [0.25, 0.3) is 11.8 Å². The van der Waals surface area contributed by atoms with Crippen LogP contribution in [-0.4, -0.2) is 47.9 Å². The van der Waals surface area contributed by atoms with Crippen LogP contribution in [0, 0.1) is 12.3 Å². The highest BCUT2D eigenvalue weighted by molar-refractivity contribution is 6.33. The van der Waals surface area contributed by atoms with Crippen LogP contribution < -0.4 is 10.2 Å². The molecule has 0 radical (unpaired) electrons.